The molecule has 0 fully saturated rings. The number of aromatic nitrogens is 3. The fourth-order valence-electron chi connectivity index (χ4n) is 2.79. The molecule has 1 N–H and O–H groups in total. The number of hydrogen-bond acceptors (Lipinski definition) is 4. The molecule has 132 valence electrons. The number of hydrogen-bond donors (Lipinski definition) is 1. The van der Waals surface area contributed by atoms with Gasteiger partial charge in [-0.1, -0.05) is 23.9 Å². The van der Waals surface area contributed by atoms with Crippen molar-refractivity contribution in [2.75, 3.05) is 0 Å². The molecule has 0 saturated carbocycles. The summed E-state index contributed by atoms with van der Waals surface area (Å²) in [7, 11) is 0. The molecule has 0 unspecified atom stereocenters. The third kappa shape index (κ3) is 3.30. The fraction of sp³-hybridized carbons (Fsp3) is 0.158. The molecule has 4 aromatic rings. The normalized spacial score (nSPS) is 11.3. The first-order valence-electron chi connectivity index (χ1n) is 8.10. The van der Waals surface area contributed by atoms with Crippen LogP contribution in [0.2, 0.25) is 0 Å². The first-order chi connectivity index (χ1) is 12.6. The lowest BCUT2D eigenvalue weighted by Gasteiger charge is -2.11. The van der Waals surface area contributed by atoms with Gasteiger partial charge in [0.2, 0.25) is 0 Å². The van der Waals surface area contributed by atoms with Crippen LogP contribution in [-0.4, -0.2) is 14.5 Å². The van der Waals surface area contributed by atoms with E-state index >= 15 is 0 Å². The van der Waals surface area contributed by atoms with Crippen molar-refractivity contribution in [3.8, 4) is 0 Å². The van der Waals surface area contributed by atoms with Gasteiger partial charge in [0.05, 0.1) is 18.3 Å². The van der Waals surface area contributed by atoms with E-state index < -0.39 is 0 Å². The topological polar surface area (TPSA) is 63.8 Å². The smallest absolute Gasteiger partial charge is 0.278 e. The third-order valence-corrected chi connectivity index (χ3v) is 5.04. The summed E-state index contributed by atoms with van der Waals surface area (Å²) in [5.74, 6) is 0.905. The first kappa shape index (κ1) is 16.7. The molecule has 3 aromatic heterocycles. The van der Waals surface area contributed by atoms with Crippen LogP contribution < -0.4 is 5.56 Å². The summed E-state index contributed by atoms with van der Waals surface area (Å²) in [5, 5.41) is 0.571. The zero-order valence-electron chi connectivity index (χ0n) is 14.0. The highest BCUT2D eigenvalue weighted by Gasteiger charge is 2.15. The lowest BCUT2D eigenvalue weighted by molar-refractivity contribution is 0.476. The summed E-state index contributed by atoms with van der Waals surface area (Å²) in [4.78, 5) is 20.6. The molecule has 7 heteroatoms. The van der Waals surface area contributed by atoms with E-state index in [4.69, 9.17) is 4.42 Å². The second kappa shape index (κ2) is 6.84. The second-order valence-corrected chi connectivity index (χ2v) is 6.94. The number of nitrogens with zero attached hydrogens (tertiary/aromatic N) is 2. The number of benzene rings is 1. The van der Waals surface area contributed by atoms with Gasteiger partial charge < -0.3 is 9.40 Å². The zero-order valence-corrected chi connectivity index (χ0v) is 14.8. The van der Waals surface area contributed by atoms with Crippen LogP contribution >= 0.6 is 11.8 Å². The van der Waals surface area contributed by atoms with Crippen molar-refractivity contribution in [1.82, 2.24) is 14.5 Å². The molecule has 0 radical (unpaired) electrons. The summed E-state index contributed by atoms with van der Waals surface area (Å²) in [6.07, 6.45) is 1.57. The van der Waals surface area contributed by atoms with Gasteiger partial charge in [-0.2, -0.15) is 0 Å². The first-order valence-corrected chi connectivity index (χ1v) is 9.08. The Kier molecular flexibility index (Phi) is 4.38. The van der Waals surface area contributed by atoms with Crippen LogP contribution in [0.4, 0.5) is 4.39 Å². The maximum absolute atomic E-state index is 13.4. The molecule has 1 aromatic carbocycles. The van der Waals surface area contributed by atoms with E-state index in [-0.39, 0.29) is 11.4 Å². The second-order valence-electron chi connectivity index (χ2n) is 6.00. The van der Waals surface area contributed by atoms with E-state index in [1.807, 2.05) is 25.1 Å². The average Bonchev–Trinajstić information content (AvgIpc) is 3.25. The molecule has 3 heterocycles. The number of fused-ring (bicyclic) bond motifs is 1. The minimum atomic E-state index is -0.277. The van der Waals surface area contributed by atoms with Gasteiger partial charge in [0.25, 0.3) is 5.56 Å². The Morgan fingerprint density at radius 1 is 1.27 bits per heavy atom. The molecular weight excluding hydrogens is 353 g/mol. The molecule has 26 heavy (non-hydrogen) atoms. The van der Waals surface area contributed by atoms with Crippen molar-refractivity contribution in [3.63, 3.8) is 0 Å². The minimum Gasteiger partial charge on any atom is -0.467 e. The highest BCUT2D eigenvalue weighted by atomic mass is 32.2. The highest BCUT2D eigenvalue weighted by Crippen LogP contribution is 2.23. The molecule has 0 aliphatic rings. The van der Waals surface area contributed by atoms with Crippen molar-refractivity contribution in [2.45, 2.75) is 24.4 Å². The molecule has 0 bridgehead atoms. The molecule has 5 nitrogen and oxygen atoms in total. The zero-order chi connectivity index (χ0) is 18.1. The summed E-state index contributed by atoms with van der Waals surface area (Å²) in [5.41, 5.74) is 2.66. The predicted octanol–water partition coefficient (Wildman–Crippen LogP) is 4.11. The van der Waals surface area contributed by atoms with E-state index in [2.05, 4.69) is 9.97 Å². The van der Waals surface area contributed by atoms with Crippen LogP contribution in [0.15, 0.2) is 63.1 Å². The average molecular weight is 369 g/mol. The van der Waals surface area contributed by atoms with Crippen molar-refractivity contribution in [2.24, 2.45) is 0 Å². The van der Waals surface area contributed by atoms with Crippen LogP contribution in [0.1, 0.15) is 17.0 Å². The number of halogens is 1. The van der Waals surface area contributed by atoms with Crippen LogP contribution in [0.5, 0.6) is 0 Å². The summed E-state index contributed by atoms with van der Waals surface area (Å²) < 4.78 is 20.4. The molecule has 0 atom stereocenters. The SMILES string of the molecule is Cc1cc2nc(SCc3cccc(F)c3)n(Cc3ccco3)c(=O)c2[nH]1. The van der Waals surface area contributed by atoms with Gasteiger partial charge >= 0.3 is 0 Å². The van der Waals surface area contributed by atoms with Crippen molar-refractivity contribution < 1.29 is 8.81 Å². The number of thioether (sulfide) groups is 1. The van der Waals surface area contributed by atoms with Gasteiger partial charge in [-0.3, -0.25) is 9.36 Å². The minimum absolute atomic E-state index is 0.152. The van der Waals surface area contributed by atoms with Crippen molar-refractivity contribution in [3.05, 3.63) is 81.9 Å². The van der Waals surface area contributed by atoms with Gasteiger partial charge in [0, 0.05) is 11.4 Å². The molecule has 0 saturated heterocycles. The molecule has 4 rings (SSSR count). The van der Waals surface area contributed by atoms with Crippen molar-refractivity contribution in [1.29, 1.82) is 0 Å². The van der Waals surface area contributed by atoms with Gasteiger partial charge in [-0.25, -0.2) is 9.37 Å². The van der Waals surface area contributed by atoms with Gasteiger partial charge in [0.15, 0.2) is 5.16 Å². The molecule has 0 amide bonds. The van der Waals surface area contributed by atoms with Crippen LogP contribution in [0.3, 0.4) is 0 Å². The number of aromatic amines is 1. The Labute approximate surface area is 152 Å². The Balaban J connectivity index is 1.74. The number of rotatable bonds is 5. The maximum Gasteiger partial charge on any atom is 0.278 e. The van der Waals surface area contributed by atoms with E-state index in [0.29, 0.717) is 34.2 Å². The number of H-pyrrole nitrogens is 1. The highest BCUT2D eigenvalue weighted by molar-refractivity contribution is 7.98. The van der Waals surface area contributed by atoms with E-state index in [9.17, 15) is 9.18 Å². The van der Waals surface area contributed by atoms with Crippen LogP contribution in [-0.2, 0) is 12.3 Å². The lowest BCUT2D eigenvalue weighted by atomic mass is 10.2. The lowest BCUT2D eigenvalue weighted by Crippen LogP contribution is -2.23. The van der Waals surface area contributed by atoms with Gasteiger partial charge in [0.1, 0.15) is 17.1 Å². The van der Waals surface area contributed by atoms with Crippen molar-refractivity contribution >= 4 is 22.8 Å². The molecule has 0 aliphatic carbocycles. The monoisotopic (exact) mass is 369 g/mol. The summed E-state index contributed by atoms with van der Waals surface area (Å²) in [6, 6.07) is 11.9. The van der Waals surface area contributed by atoms with E-state index in [0.717, 1.165) is 11.3 Å². The fourth-order valence-corrected chi connectivity index (χ4v) is 3.74. The maximum atomic E-state index is 13.4. The Morgan fingerprint density at radius 3 is 2.92 bits per heavy atom. The Hall–Kier alpha value is -2.80. The largest absolute Gasteiger partial charge is 0.467 e. The molecular formula is C19H16FN3O2S. The van der Waals surface area contributed by atoms with E-state index in [1.54, 1.807) is 23.0 Å². The third-order valence-electron chi connectivity index (χ3n) is 3.99. The molecule has 0 spiro atoms. The van der Waals surface area contributed by atoms with E-state index in [1.165, 1.54) is 23.9 Å². The standard InChI is InChI=1S/C19H16FN3O2S/c1-12-8-16-17(21-12)18(24)23(10-15-6-3-7-25-15)19(22-16)26-11-13-4-2-5-14(20)9-13/h2-9,21H,10-11H2,1H3. The van der Waals surface area contributed by atoms with Crippen LogP contribution in [0.25, 0.3) is 11.0 Å². The quantitative estimate of drug-likeness (QED) is 0.425. The Bertz CT molecular complexity index is 1120. The van der Waals surface area contributed by atoms with Gasteiger partial charge in [-0.05, 0) is 42.8 Å². The Morgan fingerprint density at radius 2 is 2.15 bits per heavy atom. The number of aryl methyl sites for hydroxylation is 1. The molecule has 0 aliphatic heterocycles. The van der Waals surface area contributed by atoms with Crippen LogP contribution in [0, 0.1) is 12.7 Å². The summed E-state index contributed by atoms with van der Waals surface area (Å²) in [6.45, 7) is 2.18. The predicted molar refractivity (Wildman–Crippen MR) is 98.9 cm³/mol. The number of furan rings is 1. The summed E-state index contributed by atoms with van der Waals surface area (Å²) >= 11 is 1.40. The van der Waals surface area contributed by atoms with Gasteiger partial charge in [-0.15, -0.1) is 0 Å². The number of nitrogens with one attached hydrogen (secondary N) is 1.